The first kappa shape index (κ1) is 20.8. The van der Waals surface area contributed by atoms with Gasteiger partial charge in [-0.15, -0.1) is 0 Å². The lowest BCUT2D eigenvalue weighted by molar-refractivity contribution is -0.121. The fourth-order valence-electron chi connectivity index (χ4n) is 3.40. The molecule has 3 aromatic rings. The summed E-state index contributed by atoms with van der Waals surface area (Å²) in [4.78, 5) is 12.3. The highest BCUT2D eigenvalue weighted by atomic mass is 16.5. The van der Waals surface area contributed by atoms with Crippen LogP contribution in [0.25, 0.3) is 0 Å². The van der Waals surface area contributed by atoms with E-state index in [-0.39, 0.29) is 5.91 Å². The van der Waals surface area contributed by atoms with Crippen molar-refractivity contribution in [3.05, 3.63) is 88.2 Å². The number of nitrogens with one attached hydrogen (secondary N) is 1. The highest BCUT2D eigenvalue weighted by molar-refractivity contribution is 5.76. The molecule has 3 rings (SSSR count). The van der Waals surface area contributed by atoms with Gasteiger partial charge in [0.15, 0.2) is 0 Å². The quantitative estimate of drug-likeness (QED) is 0.600. The van der Waals surface area contributed by atoms with E-state index < -0.39 is 0 Å². The minimum Gasteiger partial charge on any atom is -0.372 e. The summed E-state index contributed by atoms with van der Waals surface area (Å²) in [6, 6.07) is 18.3. The van der Waals surface area contributed by atoms with Crippen LogP contribution in [0.15, 0.2) is 54.6 Å². The number of aryl methyl sites for hydroxylation is 2. The monoisotopic (exact) mass is 391 g/mol. The van der Waals surface area contributed by atoms with E-state index in [1.54, 1.807) is 0 Å². The Morgan fingerprint density at radius 2 is 1.69 bits per heavy atom. The van der Waals surface area contributed by atoms with Crippen molar-refractivity contribution in [3.8, 4) is 0 Å². The topological polar surface area (TPSA) is 56.2 Å². The molecule has 0 aliphatic rings. The molecule has 29 heavy (non-hydrogen) atoms. The van der Waals surface area contributed by atoms with Crippen molar-refractivity contribution < 1.29 is 9.53 Å². The molecule has 0 atom stereocenters. The molecule has 2 aromatic carbocycles. The minimum absolute atomic E-state index is 0.0541. The number of benzene rings is 2. The molecule has 1 aromatic heterocycles. The maximum atomic E-state index is 12.3. The summed E-state index contributed by atoms with van der Waals surface area (Å²) in [5.74, 6) is 0.0541. The van der Waals surface area contributed by atoms with Crippen LogP contribution in [0.3, 0.4) is 0 Å². The van der Waals surface area contributed by atoms with Crippen LogP contribution in [0.4, 0.5) is 0 Å². The SMILES string of the molecule is Cc1nn(C)c(C)c1CCC(=O)NCc1cccc(COCc2ccccc2)c1. The molecule has 0 fully saturated rings. The van der Waals surface area contributed by atoms with Crippen LogP contribution in [0.2, 0.25) is 0 Å². The first-order valence-electron chi connectivity index (χ1n) is 9.98. The third kappa shape index (κ3) is 6.03. The van der Waals surface area contributed by atoms with Crippen molar-refractivity contribution in [2.45, 2.75) is 46.4 Å². The van der Waals surface area contributed by atoms with Gasteiger partial charge in [0.2, 0.25) is 5.91 Å². The largest absolute Gasteiger partial charge is 0.372 e. The zero-order valence-electron chi connectivity index (χ0n) is 17.4. The van der Waals surface area contributed by atoms with E-state index in [1.807, 2.05) is 62.0 Å². The summed E-state index contributed by atoms with van der Waals surface area (Å²) in [5, 5.41) is 7.43. The van der Waals surface area contributed by atoms with Crippen LogP contribution in [0, 0.1) is 13.8 Å². The van der Waals surface area contributed by atoms with Gasteiger partial charge in [-0.3, -0.25) is 9.48 Å². The average molecular weight is 392 g/mol. The van der Waals surface area contributed by atoms with Crippen LogP contribution in [0.1, 0.15) is 40.1 Å². The van der Waals surface area contributed by atoms with Gasteiger partial charge < -0.3 is 10.1 Å². The first-order chi connectivity index (χ1) is 14.0. The fourth-order valence-corrected chi connectivity index (χ4v) is 3.40. The number of amides is 1. The van der Waals surface area contributed by atoms with Gasteiger partial charge in [-0.05, 0) is 42.5 Å². The first-order valence-corrected chi connectivity index (χ1v) is 9.98. The number of hydrogen-bond donors (Lipinski definition) is 1. The number of ether oxygens (including phenoxy) is 1. The second-order valence-electron chi connectivity index (χ2n) is 7.35. The number of aromatic nitrogens is 2. The molecule has 0 aliphatic carbocycles. The molecule has 1 heterocycles. The Morgan fingerprint density at radius 3 is 2.41 bits per heavy atom. The summed E-state index contributed by atoms with van der Waals surface area (Å²) in [6.07, 6.45) is 1.18. The second-order valence-corrected chi connectivity index (χ2v) is 7.35. The standard InChI is InChI=1S/C24H29N3O2/c1-18-23(19(2)27(3)26-18)12-13-24(28)25-15-21-10-7-11-22(14-21)17-29-16-20-8-5-4-6-9-20/h4-11,14H,12-13,15-17H2,1-3H3,(H,25,28). The maximum absolute atomic E-state index is 12.3. The van der Waals surface area contributed by atoms with Gasteiger partial charge in [0.25, 0.3) is 0 Å². The van der Waals surface area contributed by atoms with Gasteiger partial charge in [0.05, 0.1) is 18.9 Å². The molecule has 0 saturated heterocycles. The zero-order valence-corrected chi connectivity index (χ0v) is 17.4. The zero-order chi connectivity index (χ0) is 20.6. The number of hydrogen-bond acceptors (Lipinski definition) is 3. The average Bonchev–Trinajstić information content (AvgIpc) is 2.97. The summed E-state index contributed by atoms with van der Waals surface area (Å²) >= 11 is 0. The van der Waals surface area contributed by atoms with Crippen LogP contribution in [-0.2, 0) is 42.8 Å². The van der Waals surface area contributed by atoms with E-state index in [4.69, 9.17) is 4.74 Å². The highest BCUT2D eigenvalue weighted by Crippen LogP contribution is 2.14. The molecular formula is C24H29N3O2. The third-order valence-electron chi connectivity index (χ3n) is 5.12. The number of rotatable bonds is 9. The lowest BCUT2D eigenvalue weighted by Gasteiger charge is -2.09. The molecule has 0 saturated carbocycles. The molecular weight excluding hydrogens is 362 g/mol. The van der Waals surface area contributed by atoms with Crippen molar-refractivity contribution in [1.82, 2.24) is 15.1 Å². The lowest BCUT2D eigenvalue weighted by Crippen LogP contribution is -2.23. The van der Waals surface area contributed by atoms with Crippen LogP contribution in [0.5, 0.6) is 0 Å². The van der Waals surface area contributed by atoms with Gasteiger partial charge in [-0.1, -0.05) is 54.6 Å². The highest BCUT2D eigenvalue weighted by Gasteiger charge is 2.11. The Bertz CT molecular complexity index is 948. The van der Waals surface area contributed by atoms with Gasteiger partial charge in [0.1, 0.15) is 0 Å². The summed E-state index contributed by atoms with van der Waals surface area (Å²) in [6.45, 7) is 5.70. The summed E-state index contributed by atoms with van der Waals surface area (Å²) in [5.41, 5.74) is 6.64. The molecule has 5 nitrogen and oxygen atoms in total. The predicted octanol–water partition coefficient (Wildman–Crippen LogP) is 4.00. The normalized spacial score (nSPS) is 10.9. The van der Waals surface area contributed by atoms with Gasteiger partial charge in [-0.2, -0.15) is 5.10 Å². The van der Waals surface area contributed by atoms with E-state index in [2.05, 4.69) is 28.6 Å². The van der Waals surface area contributed by atoms with Crippen molar-refractivity contribution in [2.24, 2.45) is 7.05 Å². The molecule has 152 valence electrons. The van der Waals surface area contributed by atoms with E-state index in [1.165, 1.54) is 5.56 Å². The van der Waals surface area contributed by atoms with Crippen LogP contribution >= 0.6 is 0 Å². The summed E-state index contributed by atoms with van der Waals surface area (Å²) < 4.78 is 7.67. The maximum Gasteiger partial charge on any atom is 0.220 e. The molecule has 1 N–H and O–H groups in total. The second kappa shape index (κ2) is 10.0. The smallest absolute Gasteiger partial charge is 0.220 e. The molecule has 1 amide bonds. The van der Waals surface area contributed by atoms with Gasteiger partial charge >= 0.3 is 0 Å². The van der Waals surface area contributed by atoms with Crippen molar-refractivity contribution >= 4 is 5.91 Å². The number of nitrogens with zero attached hydrogens (tertiary/aromatic N) is 2. The number of carbonyl (C=O) groups excluding carboxylic acids is 1. The Hall–Kier alpha value is -2.92. The molecule has 0 spiro atoms. The van der Waals surface area contributed by atoms with E-state index in [0.717, 1.165) is 28.1 Å². The fraction of sp³-hybridized carbons (Fsp3) is 0.333. The molecule has 5 heteroatoms. The van der Waals surface area contributed by atoms with Crippen molar-refractivity contribution in [2.75, 3.05) is 0 Å². The Labute approximate surface area is 172 Å². The van der Waals surface area contributed by atoms with Crippen molar-refractivity contribution in [1.29, 1.82) is 0 Å². The Morgan fingerprint density at radius 1 is 1.00 bits per heavy atom. The van der Waals surface area contributed by atoms with E-state index in [9.17, 15) is 4.79 Å². The molecule has 0 aliphatic heterocycles. The third-order valence-corrected chi connectivity index (χ3v) is 5.12. The van der Waals surface area contributed by atoms with Gasteiger partial charge in [-0.25, -0.2) is 0 Å². The minimum atomic E-state index is 0.0541. The van der Waals surface area contributed by atoms with Crippen LogP contribution < -0.4 is 5.32 Å². The molecule has 0 bridgehead atoms. The van der Waals surface area contributed by atoms with E-state index in [0.29, 0.717) is 32.6 Å². The van der Waals surface area contributed by atoms with Gasteiger partial charge in [0, 0.05) is 25.7 Å². The summed E-state index contributed by atoms with van der Waals surface area (Å²) in [7, 11) is 1.93. The lowest BCUT2D eigenvalue weighted by atomic mass is 10.1. The Balaban J connectivity index is 1.44. The molecule has 0 unspecified atom stereocenters. The Kier molecular flexibility index (Phi) is 7.19. The van der Waals surface area contributed by atoms with Crippen LogP contribution in [-0.4, -0.2) is 15.7 Å². The predicted molar refractivity (Wildman–Crippen MR) is 114 cm³/mol. The number of carbonyl (C=O) groups is 1. The molecule has 0 radical (unpaired) electrons. The van der Waals surface area contributed by atoms with E-state index >= 15 is 0 Å². The van der Waals surface area contributed by atoms with Crippen molar-refractivity contribution in [3.63, 3.8) is 0 Å².